The van der Waals surface area contributed by atoms with Crippen LogP contribution in [0.3, 0.4) is 0 Å². The maximum absolute atomic E-state index is 2.47. The minimum absolute atomic E-state index is 1.09. The molecule has 0 fully saturated rings. The fourth-order valence-corrected chi connectivity index (χ4v) is 9.74. The highest BCUT2D eigenvalue weighted by Gasteiger charge is 2.23. The zero-order chi connectivity index (χ0) is 37.7. The van der Waals surface area contributed by atoms with Gasteiger partial charge in [0.1, 0.15) is 0 Å². The van der Waals surface area contributed by atoms with Gasteiger partial charge in [-0.05, 0) is 82.9 Å². The number of fused-ring (bicyclic) bond motifs is 6. The average Bonchev–Trinajstić information content (AvgIpc) is 3.83. The van der Waals surface area contributed by atoms with Gasteiger partial charge in [-0.1, -0.05) is 158 Å². The second-order valence-corrected chi connectivity index (χ2v) is 15.6. The summed E-state index contributed by atoms with van der Waals surface area (Å²) >= 11 is 1.85. The normalized spacial score (nSPS) is 11.5. The molecule has 0 atom stereocenters. The largest absolute Gasteiger partial charge is 0.309 e. The van der Waals surface area contributed by atoms with Crippen LogP contribution in [0.25, 0.3) is 81.0 Å². The fourth-order valence-electron chi connectivity index (χ4n) is 8.65. The van der Waals surface area contributed by atoms with Gasteiger partial charge in [-0.15, -0.1) is 11.3 Å². The molecule has 0 bridgehead atoms. The molecule has 0 unspecified atom stereocenters. The van der Waals surface area contributed by atoms with E-state index >= 15 is 0 Å². The first-order valence-electron chi connectivity index (χ1n) is 19.4. The Hall–Kier alpha value is -7.20. The smallest absolute Gasteiger partial charge is 0.0618 e. The molecule has 268 valence electrons. The molecule has 11 rings (SSSR count). The van der Waals surface area contributed by atoms with Crippen molar-refractivity contribution < 1.29 is 0 Å². The summed E-state index contributed by atoms with van der Waals surface area (Å²) < 4.78 is 4.98. The average molecular weight is 745 g/mol. The Morgan fingerprint density at radius 2 is 0.877 bits per heavy atom. The summed E-state index contributed by atoms with van der Waals surface area (Å²) in [4.78, 5) is 2.47. The number of rotatable bonds is 7. The van der Waals surface area contributed by atoms with Gasteiger partial charge < -0.3 is 9.47 Å². The van der Waals surface area contributed by atoms with E-state index in [-0.39, 0.29) is 0 Å². The van der Waals surface area contributed by atoms with E-state index in [1.165, 1.54) is 75.4 Å². The van der Waals surface area contributed by atoms with Crippen LogP contribution in [0.4, 0.5) is 17.1 Å². The van der Waals surface area contributed by atoms with Crippen LogP contribution in [0.15, 0.2) is 218 Å². The van der Waals surface area contributed by atoms with Crippen molar-refractivity contribution in [2.24, 2.45) is 0 Å². The van der Waals surface area contributed by atoms with E-state index in [9.17, 15) is 0 Å². The molecule has 0 aliphatic rings. The summed E-state index contributed by atoms with van der Waals surface area (Å²) in [5.41, 5.74) is 14.0. The highest BCUT2D eigenvalue weighted by molar-refractivity contribution is 7.25. The second kappa shape index (κ2) is 13.8. The van der Waals surface area contributed by atoms with E-state index in [2.05, 4.69) is 228 Å². The topological polar surface area (TPSA) is 8.17 Å². The lowest BCUT2D eigenvalue weighted by Gasteiger charge is -2.30. The Morgan fingerprint density at radius 3 is 1.60 bits per heavy atom. The number of aromatic nitrogens is 1. The zero-order valence-corrected chi connectivity index (χ0v) is 31.9. The molecule has 0 N–H and O–H groups in total. The SMILES string of the molecule is c1ccc(-c2cccc(-c3ccccc3)c2N(c2ccc(-c3cccc4c3c3ccccc3n4-c3ccccc3)cc2)c2ccc3sc4ccccc4c3c2)cc1. The highest BCUT2D eigenvalue weighted by atomic mass is 32.1. The lowest BCUT2D eigenvalue weighted by Crippen LogP contribution is -2.12. The predicted octanol–water partition coefficient (Wildman–Crippen LogP) is 15.6. The monoisotopic (exact) mass is 744 g/mol. The van der Waals surface area contributed by atoms with Crippen molar-refractivity contribution in [1.29, 1.82) is 0 Å². The minimum Gasteiger partial charge on any atom is -0.309 e. The maximum atomic E-state index is 2.47. The van der Waals surface area contributed by atoms with Crippen molar-refractivity contribution in [3.05, 3.63) is 218 Å². The summed E-state index contributed by atoms with van der Waals surface area (Å²) in [6.45, 7) is 0. The highest BCUT2D eigenvalue weighted by Crippen LogP contribution is 2.48. The molecule has 0 radical (unpaired) electrons. The molecule has 2 aromatic heterocycles. The second-order valence-electron chi connectivity index (χ2n) is 14.5. The third-order valence-electron chi connectivity index (χ3n) is 11.2. The standard InChI is InChI=1S/C54H36N2S/c1-4-16-37(17-5-1)44-25-14-26-45(38-18-6-2-7-19-38)54(44)55(42-34-35-52-48(36-42)46-22-11-13-29-51(46)57-52)41-32-30-39(31-33-41)43-24-15-28-50-53(43)47-23-10-12-27-49(47)56(50)40-20-8-3-9-21-40/h1-36H. The molecule has 0 spiro atoms. The Morgan fingerprint density at radius 1 is 0.351 bits per heavy atom. The molecule has 11 aromatic rings. The number of thiophene rings is 1. The third-order valence-corrected chi connectivity index (χ3v) is 12.3. The van der Waals surface area contributed by atoms with Crippen LogP contribution in [-0.4, -0.2) is 4.57 Å². The van der Waals surface area contributed by atoms with Gasteiger partial charge in [0.05, 0.1) is 16.7 Å². The van der Waals surface area contributed by atoms with E-state index in [0.29, 0.717) is 0 Å². The molecule has 0 saturated heterocycles. The van der Waals surface area contributed by atoms with Crippen LogP contribution in [-0.2, 0) is 0 Å². The Labute approximate surface area is 335 Å². The van der Waals surface area contributed by atoms with Crippen molar-refractivity contribution in [3.8, 4) is 39.1 Å². The molecule has 9 aromatic carbocycles. The van der Waals surface area contributed by atoms with Crippen LogP contribution < -0.4 is 4.90 Å². The number of hydrogen-bond acceptors (Lipinski definition) is 2. The minimum atomic E-state index is 1.09. The zero-order valence-electron chi connectivity index (χ0n) is 31.1. The van der Waals surface area contributed by atoms with Gasteiger partial charge in [-0.3, -0.25) is 0 Å². The number of anilines is 3. The Bertz CT molecular complexity index is 3160. The van der Waals surface area contributed by atoms with E-state index in [0.717, 1.165) is 22.7 Å². The molecule has 0 amide bonds. The Kier molecular flexibility index (Phi) is 8.04. The van der Waals surface area contributed by atoms with Crippen LogP contribution in [0.1, 0.15) is 0 Å². The maximum Gasteiger partial charge on any atom is 0.0618 e. The molecule has 2 nitrogen and oxygen atoms in total. The van der Waals surface area contributed by atoms with Gasteiger partial charge >= 0.3 is 0 Å². The van der Waals surface area contributed by atoms with Crippen molar-refractivity contribution in [2.45, 2.75) is 0 Å². The molecule has 0 saturated carbocycles. The number of benzene rings is 9. The fraction of sp³-hybridized carbons (Fsp3) is 0. The molecule has 3 heteroatoms. The van der Waals surface area contributed by atoms with Crippen LogP contribution >= 0.6 is 11.3 Å². The van der Waals surface area contributed by atoms with Gasteiger partial charge in [0, 0.05) is 59.1 Å². The van der Waals surface area contributed by atoms with Crippen LogP contribution in [0.2, 0.25) is 0 Å². The van der Waals surface area contributed by atoms with Crippen molar-refractivity contribution >= 4 is 70.4 Å². The molecule has 0 aliphatic heterocycles. The molecule has 2 heterocycles. The van der Waals surface area contributed by atoms with Gasteiger partial charge in [-0.25, -0.2) is 0 Å². The summed E-state index contributed by atoms with van der Waals surface area (Å²) in [5, 5.41) is 5.07. The van der Waals surface area contributed by atoms with E-state index < -0.39 is 0 Å². The lowest BCUT2D eigenvalue weighted by atomic mass is 9.94. The van der Waals surface area contributed by atoms with Crippen molar-refractivity contribution in [1.82, 2.24) is 4.57 Å². The first-order chi connectivity index (χ1) is 28.3. The molecule has 0 aliphatic carbocycles. The van der Waals surface area contributed by atoms with Gasteiger partial charge in [0.25, 0.3) is 0 Å². The number of para-hydroxylation sites is 3. The van der Waals surface area contributed by atoms with E-state index in [4.69, 9.17) is 0 Å². The molecular weight excluding hydrogens is 709 g/mol. The molecule has 57 heavy (non-hydrogen) atoms. The first-order valence-corrected chi connectivity index (χ1v) is 20.3. The van der Waals surface area contributed by atoms with Gasteiger partial charge in [0.15, 0.2) is 0 Å². The summed E-state index contributed by atoms with van der Waals surface area (Å²) in [5.74, 6) is 0. The number of hydrogen-bond donors (Lipinski definition) is 0. The first kappa shape index (κ1) is 33.2. The third kappa shape index (κ3) is 5.63. The molecular formula is C54H36N2S. The number of nitrogens with zero attached hydrogens (tertiary/aromatic N) is 2. The summed E-state index contributed by atoms with van der Waals surface area (Å²) in [7, 11) is 0. The lowest BCUT2D eigenvalue weighted by molar-refractivity contribution is 1.18. The Balaban J connectivity index is 1.14. The van der Waals surface area contributed by atoms with Crippen LogP contribution in [0, 0.1) is 0 Å². The van der Waals surface area contributed by atoms with Crippen molar-refractivity contribution in [2.75, 3.05) is 4.90 Å². The van der Waals surface area contributed by atoms with E-state index in [1.807, 2.05) is 11.3 Å². The quantitative estimate of drug-likeness (QED) is 0.158. The van der Waals surface area contributed by atoms with Gasteiger partial charge in [-0.2, -0.15) is 0 Å². The van der Waals surface area contributed by atoms with Crippen LogP contribution in [0.5, 0.6) is 0 Å². The van der Waals surface area contributed by atoms with E-state index in [1.54, 1.807) is 0 Å². The summed E-state index contributed by atoms with van der Waals surface area (Å²) in [6.07, 6.45) is 0. The van der Waals surface area contributed by atoms with Crippen molar-refractivity contribution in [3.63, 3.8) is 0 Å². The summed E-state index contributed by atoms with van der Waals surface area (Å²) in [6, 6.07) is 79.4. The van der Waals surface area contributed by atoms with Gasteiger partial charge in [0.2, 0.25) is 0 Å². The predicted molar refractivity (Wildman–Crippen MR) is 245 cm³/mol.